The molecule has 2 rings (SSSR count). The van der Waals surface area contributed by atoms with Crippen LogP contribution in [-0.4, -0.2) is 39.7 Å². The number of nitrogens with zero attached hydrogens (tertiary/aromatic N) is 1. The van der Waals surface area contributed by atoms with Gasteiger partial charge in [0.05, 0.1) is 14.9 Å². The van der Waals surface area contributed by atoms with Crippen LogP contribution in [0.1, 0.15) is 11.6 Å². The molecule has 1 amide bonds. The third-order valence-corrected chi connectivity index (χ3v) is 5.78. The van der Waals surface area contributed by atoms with Gasteiger partial charge < -0.3 is 9.64 Å². The Bertz CT molecular complexity index is 997. The van der Waals surface area contributed by atoms with E-state index in [1.165, 1.54) is 37.2 Å². The van der Waals surface area contributed by atoms with Crippen molar-refractivity contribution in [3.8, 4) is 5.75 Å². The Labute approximate surface area is 175 Å². The molecular weight excluding hydrogens is 456 g/mol. The number of hydrogen-bond donors (Lipinski definition) is 1. The zero-order valence-electron chi connectivity index (χ0n) is 15.0. The van der Waals surface area contributed by atoms with Crippen molar-refractivity contribution in [2.45, 2.75) is 17.3 Å². The Balaban J connectivity index is 2.36. The number of likely N-dealkylation sites (N-methyl/N-ethyl adjacent to an activating group) is 1. The van der Waals surface area contributed by atoms with Gasteiger partial charge >= 0.3 is 6.36 Å². The van der Waals surface area contributed by atoms with E-state index in [0.717, 1.165) is 24.3 Å². The standard InChI is InChI=1S/C17H15Cl2F3N2O4S/c1-24(2)16(25)15(10-3-8-13(18)14(19)9-10)23-29(26,27)12-6-4-11(5-7-12)28-17(20,21)22/h3-9,15,23H,1-2H3/t15-/m0/s1. The molecule has 12 heteroatoms. The molecule has 0 fully saturated rings. The second kappa shape index (κ2) is 8.78. The minimum atomic E-state index is -4.91. The summed E-state index contributed by atoms with van der Waals surface area (Å²) >= 11 is 11.8. The van der Waals surface area contributed by atoms with Crippen LogP contribution >= 0.6 is 23.2 Å². The summed E-state index contributed by atoms with van der Waals surface area (Å²) < 4.78 is 68.1. The quantitative estimate of drug-likeness (QED) is 0.692. The van der Waals surface area contributed by atoms with Gasteiger partial charge in [0.15, 0.2) is 0 Å². The Morgan fingerprint density at radius 3 is 2.14 bits per heavy atom. The fourth-order valence-corrected chi connectivity index (χ4v) is 3.74. The fraction of sp³-hybridized carbons (Fsp3) is 0.235. The molecule has 1 N–H and O–H groups in total. The van der Waals surface area contributed by atoms with E-state index in [1.54, 1.807) is 0 Å². The molecule has 2 aromatic carbocycles. The molecule has 0 aromatic heterocycles. The molecule has 0 saturated heterocycles. The van der Waals surface area contributed by atoms with Crippen LogP contribution < -0.4 is 9.46 Å². The number of halogens is 5. The Morgan fingerprint density at radius 2 is 1.66 bits per heavy atom. The van der Waals surface area contributed by atoms with E-state index in [9.17, 15) is 26.4 Å². The van der Waals surface area contributed by atoms with Crippen molar-refractivity contribution in [2.75, 3.05) is 14.1 Å². The first-order chi connectivity index (χ1) is 13.3. The van der Waals surface area contributed by atoms with Crippen molar-refractivity contribution >= 4 is 39.1 Å². The molecule has 29 heavy (non-hydrogen) atoms. The van der Waals surface area contributed by atoms with Crippen LogP contribution in [0.5, 0.6) is 5.75 Å². The second-order valence-electron chi connectivity index (χ2n) is 5.98. The lowest BCUT2D eigenvalue weighted by molar-refractivity contribution is -0.274. The molecule has 0 aliphatic rings. The van der Waals surface area contributed by atoms with Gasteiger partial charge in [-0.3, -0.25) is 4.79 Å². The van der Waals surface area contributed by atoms with Gasteiger partial charge in [0.25, 0.3) is 0 Å². The van der Waals surface area contributed by atoms with Gasteiger partial charge in [0, 0.05) is 14.1 Å². The smallest absolute Gasteiger partial charge is 0.406 e. The normalized spacial score (nSPS) is 13.1. The van der Waals surface area contributed by atoms with Crippen molar-refractivity contribution < 1.29 is 31.1 Å². The highest BCUT2D eigenvalue weighted by Gasteiger charge is 2.32. The molecule has 0 heterocycles. The van der Waals surface area contributed by atoms with E-state index in [4.69, 9.17) is 23.2 Å². The number of carbonyl (C=O) groups is 1. The molecule has 0 radical (unpaired) electrons. The molecule has 0 unspecified atom stereocenters. The number of hydrogen-bond acceptors (Lipinski definition) is 4. The van der Waals surface area contributed by atoms with E-state index in [2.05, 4.69) is 9.46 Å². The number of alkyl halides is 3. The third-order valence-electron chi connectivity index (χ3n) is 3.61. The maximum absolute atomic E-state index is 12.7. The highest BCUT2D eigenvalue weighted by atomic mass is 35.5. The van der Waals surface area contributed by atoms with Gasteiger partial charge in [0.2, 0.25) is 15.9 Å². The molecule has 2 aromatic rings. The van der Waals surface area contributed by atoms with Crippen LogP contribution in [0.4, 0.5) is 13.2 Å². The highest BCUT2D eigenvalue weighted by molar-refractivity contribution is 7.89. The summed E-state index contributed by atoms with van der Waals surface area (Å²) in [5.74, 6) is -1.18. The maximum Gasteiger partial charge on any atom is 0.573 e. The topological polar surface area (TPSA) is 75.7 Å². The molecule has 0 saturated carbocycles. The van der Waals surface area contributed by atoms with E-state index in [-0.39, 0.29) is 20.5 Å². The van der Waals surface area contributed by atoms with Crippen LogP contribution in [0.25, 0.3) is 0 Å². The minimum absolute atomic E-state index is 0.119. The first-order valence-corrected chi connectivity index (χ1v) is 10.1. The predicted molar refractivity (Wildman–Crippen MR) is 101 cm³/mol. The van der Waals surface area contributed by atoms with Gasteiger partial charge in [-0.1, -0.05) is 29.3 Å². The average Bonchev–Trinajstić information content (AvgIpc) is 2.60. The largest absolute Gasteiger partial charge is 0.573 e. The molecule has 0 spiro atoms. The number of nitrogens with one attached hydrogen (secondary N) is 1. The summed E-state index contributed by atoms with van der Waals surface area (Å²) in [5.41, 5.74) is 0.235. The van der Waals surface area contributed by atoms with E-state index >= 15 is 0 Å². The lowest BCUT2D eigenvalue weighted by atomic mass is 10.1. The van der Waals surface area contributed by atoms with E-state index < -0.39 is 34.1 Å². The average molecular weight is 471 g/mol. The van der Waals surface area contributed by atoms with Crippen molar-refractivity contribution in [3.05, 3.63) is 58.1 Å². The number of benzene rings is 2. The monoisotopic (exact) mass is 470 g/mol. The summed E-state index contributed by atoms with van der Waals surface area (Å²) in [6.07, 6.45) is -4.91. The maximum atomic E-state index is 12.7. The number of ether oxygens (including phenoxy) is 1. The summed E-state index contributed by atoms with van der Waals surface area (Å²) in [7, 11) is -1.41. The van der Waals surface area contributed by atoms with E-state index in [1.807, 2.05) is 0 Å². The summed E-state index contributed by atoms with van der Waals surface area (Å²) in [5, 5.41) is 0.336. The zero-order valence-corrected chi connectivity index (χ0v) is 17.3. The molecule has 0 aliphatic carbocycles. The Kier molecular flexibility index (Phi) is 7.05. The third kappa shape index (κ3) is 6.23. The van der Waals surface area contributed by atoms with Crippen LogP contribution in [0.3, 0.4) is 0 Å². The molecule has 1 atom stereocenters. The van der Waals surface area contributed by atoms with Crippen LogP contribution in [0.15, 0.2) is 47.4 Å². The molecular formula is C17H15Cl2F3N2O4S. The van der Waals surface area contributed by atoms with Gasteiger partial charge in [0.1, 0.15) is 11.8 Å². The van der Waals surface area contributed by atoms with Crippen molar-refractivity contribution in [3.63, 3.8) is 0 Å². The fourth-order valence-electron chi connectivity index (χ4n) is 2.25. The van der Waals surface area contributed by atoms with Gasteiger partial charge in [-0.15, -0.1) is 13.2 Å². The van der Waals surface area contributed by atoms with Gasteiger partial charge in [-0.05, 0) is 42.0 Å². The second-order valence-corrected chi connectivity index (χ2v) is 8.51. The number of sulfonamides is 1. The Morgan fingerprint density at radius 1 is 1.07 bits per heavy atom. The van der Waals surface area contributed by atoms with Crippen LogP contribution in [0, 0.1) is 0 Å². The molecule has 6 nitrogen and oxygen atoms in total. The number of amides is 1. The molecule has 158 valence electrons. The summed E-state index contributed by atoms with van der Waals surface area (Å²) in [6.45, 7) is 0. The first-order valence-electron chi connectivity index (χ1n) is 7.84. The van der Waals surface area contributed by atoms with Crippen LogP contribution in [0.2, 0.25) is 10.0 Å². The minimum Gasteiger partial charge on any atom is -0.406 e. The van der Waals surface area contributed by atoms with Crippen molar-refractivity contribution in [2.24, 2.45) is 0 Å². The molecule has 0 bridgehead atoms. The van der Waals surface area contributed by atoms with Crippen molar-refractivity contribution in [1.29, 1.82) is 0 Å². The highest BCUT2D eigenvalue weighted by Crippen LogP contribution is 2.28. The SMILES string of the molecule is CN(C)C(=O)[C@@H](NS(=O)(=O)c1ccc(OC(F)(F)F)cc1)c1ccc(Cl)c(Cl)c1. The van der Waals surface area contributed by atoms with Crippen LogP contribution in [-0.2, 0) is 14.8 Å². The zero-order chi connectivity index (χ0) is 22.0. The summed E-state index contributed by atoms with van der Waals surface area (Å²) in [4.78, 5) is 13.4. The van der Waals surface area contributed by atoms with Gasteiger partial charge in [-0.25, -0.2) is 8.42 Å². The van der Waals surface area contributed by atoms with E-state index in [0.29, 0.717) is 0 Å². The van der Waals surface area contributed by atoms with Crippen molar-refractivity contribution in [1.82, 2.24) is 9.62 Å². The lowest BCUT2D eigenvalue weighted by Gasteiger charge is -2.22. The lowest BCUT2D eigenvalue weighted by Crippen LogP contribution is -2.39. The number of rotatable bonds is 6. The number of carbonyl (C=O) groups excluding carboxylic acids is 1. The Hall–Kier alpha value is -2.01. The predicted octanol–water partition coefficient (Wildman–Crippen LogP) is 4.00. The molecule has 0 aliphatic heterocycles. The summed E-state index contributed by atoms with van der Waals surface area (Å²) in [6, 6.07) is 6.41. The van der Waals surface area contributed by atoms with Gasteiger partial charge in [-0.2, -0.15) is 4.72 Å². The first kappa shape index (κ1) is 23.3.